The Labute approximate surface area is 145 Å². The summed E-state index contributed by atoms with van der Waals surface area (Å²) in [6, 6.07) is 9.99. The average molecular weight is 332 g/mol. The first-order valence-electron chi connectivity index (χ1n) is 8.25. The first kappa shape index (κ1) is 20.1. The highest BCUT2D eigenvalue weighted by atomic mass is 16.6. The Bertz CT molecular complexity index is 510. The van der Waals surface area contributed by atoms with Gasteiger partial charge < -0.3 is 14.2 Å². The highest BCUT2D eigenvalue weighted by molar-refractivity contribution is 5.71. The van der Waals surface area contributed by atoms with Gasteiger partial charge >= 0.3 is 5.97 Å². The van der Waals surface area contributed by atoms with Crippen LogP contribution in [0.3, 0.4) is 0 Å². The van der Waals surface area contributed by atoms with Gasteiger partial charge in [0.05, 0.1) is 19.3 Å². The van der Waals surface area contributed by atoms with Crippen LogP contribution in [0.1, 0.15) is 26.3 Å². The summed E-state index contributed by atoms with van der Waals surface area (Å²) in [5.74, 6) is -0.295. The minimum atomic E-state index is -0.384. The van der Waals surface area contributed by atoms with Gasteiger partial charge in [0.15, 0.2) is 0 Å². The van der Waals surface area contributed by atoms with Crippen molar-refractivity contribution in [3.05, 3.63) is 60.7 Å². The SMILES string of the molecule is C=C[C@H](OCC(=O)O[C@@H](C)/C=C/C)[C@@H](C)COCc1ccccc1. The molecule has 1 aromatic rings. The molecule has 0 aliphatic heterocycles. The quantitative estimate of drug-likeness (QED) is 0.455. The molecule has 0 aliphatic carbocycles. The molecule has 0 fully saturated rings. The number of rotatable bonds is 11. The summed E-state index contributed by atoms with van der Waals surface area (Å²) in [4.78, 5) is 11.7. The zero-order chi connectivity index (χ0) is 17.8. The number of ether oxygens (including phenoxy) is 3. The second-order valence-electron chi connectivity index (χ2n) is 5.71. The van der Waals surface area contributed by atoms with Gasteiger partial charge in [-0.05, 0) is 25.5 Å². The van der Waals surface area contributed by atoms with E-state index in [4.69, 9.17) is 14.2 Å². The molecule has 0 N–H and O–H groups in total. The van der Waals surface area contributed by atoms with Crippen LogP contribution in [0.2, 0.25) is 0 Å². The second kappa shape index (κ2) is 11.6. The maximum absolute atomic E-state index is 11.7. The lowest BCUT2D eigenvalue weighted by Gasteiger charge is -2.21. The molecule has 132 valence electrons. The van der Waals surface area contributed by atoms with Crippen LogP contribution in [0.15, 0.2) is 55.1 Å². The molecular formula is C20H28O4. The molecule has 0 spiro atoms. The van der Waals surface area contributed by atoms with Crippen molar-refractivity contribution in [2.24, 2.45) is 5.92 Å². The number of carbonyl (C=O) groups excluding carboxylic acids is 1. The Hall–Kier alpha value is -1.91. The van der Waals surface area contributed by atoms with Gasteiger partial charge in [-0.15, -0.1) is 6.58 Å². The smallest absolute Gasteiger partial charge is 0.332 e. The number of benzene rings is 1. The van der Waals surface area contributed by atoms with Crippen LogP contribution in [0.25, 0.3) is 0 Å². The number of esters is 1. The fraction of sp³-hybridized carbons (Fsp3) is 0.450. The summed E-state index contributed by atoms with van der Waals surface area (Å²) in [5, 5.41) is 0. The lowest BCUT2D eigenvalue weighted by atomic mass is 10.1. The van der Waals surface area contributed by atoms with Crippen molar-refractivity contribution < 1.29 is 19.0 Å². The molecule has 0 saturated carbocycles. The maximum atomic E-state index is 11.7. The van der Waals surface area contributed by atoms with E-state index in [0.29, 0.717) is 13.2 Å². The van der Waals surface area contributed by atoms with Crippen molar-refractivity contribution >= 4 is 5.97 Å². The second-order valence-corrected chi connectivity index (χ2v) is 5.71. The number of hydrogen-bond donors (Lipinski definition) is 0. The van der Waals surface area contributed by atoms with E-state index >= 15 is 0 Å². The zero-order valence-electron chi connectivity index (χ0n) is 14.8. The third kappa shape index (κ3) is 8.09. The van der Waals surface area contributed by atoms with Crippen molar-refractivity contribution in [1.29, 1.82) is 0 Å². The zero-order valence-corrected chi connectivity index (χ0v) is 14.8. The minimum absolute atomic E-state index is 0.0898. The van der Waals surface area contributed by atoms with Gasteiger partial charge in [0.1, 0.15) is 12.7 Å². The van der Waals surface area contributed by atoms with Crippen molar-refractivity contribution in [1.82, 2.24) is 0 Å². The summed E-state index contributed by atoms with van der Waals surface area (Å²) in [6.45, 7) is 10.4. The minimum Gasteiger partial charge on any atom is -0.457 e. The van der Waals surface area contributed by atoms with E-state index in [2.05, 4.69) is 6.58 Å². The predicted octanol–water partition coefficient (Wildman–Crippen LogP) is 3.92. The van der Waals surface area contributed by atoms with Crippen LogP contribution in [0.4, 0.5) is 0 Å². The monoisotopic (exact) mass is 332 g/mol. The van der Waals surface area contributed by atoms with Gasteiger partial charge in [0.25, 0.3) is 0 Å². The van der Waals surface area contributed by atoms with Crippen LogP contribution in [-0.4, -0.2) is 31.4 Å². The van der Waals surface area contributed by atoms with Crippen LogP contribution in [-0.2, 0) is 25.6 Å². The van der Waals surface area contributed by atoms with E-state index in [1.54, 1.807) is 6.08 Å². The van der Waals surface area contributed by atoms with Crippen molar-refractivity contribution in [3.8, 4) is 0 Å². The van der Waals surface area contributed by atoms with Gasteiger partial charge in [-0.2, -0.15) is 0 Å². The Kier molecular flexibility index (Phi) is 9.73. The molecule has 0 amide bonds. The predicted molar refractivity (Wildman–Crippen MR) is 95.6 cm³/mol. The van der Waals surface area contributed by atoms with E-state index in [-0.39, 0.29) is 30.7 Å². The van der Waals surface area contributed by atoms with Crippen molar-refractivity contribution in [2.75, 3.05) is 13.2 Å². The molecule has 0 unspecified atom stereocenters. The highest BCUT2D eigenvalue weighted by Crippen LogP contribution is 2.11. The molecule has 1 aromatic carbocycles. The Balaban J connectivity index is 2.31. The van der Waals surface area contributed by atoms with E-state index in [9.17, 15) is 4.79 Å². The van der Waals surface area contributed by atoms with E-state index < -0.39 is 0 Å². The lowest BCUT2D eigenvalue weighted by Crippen LogP contribution is -2.27. The number of carbonyl (C=O) groups is 1. The van der Waals surface area contributed by atoms with E-state index in [1.807, 2.05) is 63.3 Å². The van der Waals surface area contributed by atoms with Crippen molar-refractivity contribution in [3.63, 3.8) is 0 Å². The molecular weight excluding hydrogens is 304 g/mol. The van der Waals surface area contributed by atoms with Crippen LogP contribution in [0, 0.1) is 5.92 Å². The third-order valence-electron chi connectivity index (χ3n) is 3.46. The third-order valence-corrected chi connectivity index (χ3v) is 3.46. The van der Waals surface area contributed by atoms with E-state index in [1.165, 1.54) is 0 Å². The summed E-state index contributed by atoms with van der Waals surface area (Å²) < 4.78 is 16.5. The lowest BCUT2D eigenvalue weighted by molar-refractivity contribution is -0.153. The topological polar surface area (TPSA) is 44.8 Å². The summed E-state index contributed by atoms with van der Waals surface area (Å²) >= 11 is 0. The fourth-order valence-electron chi connectivity index (χ4n) is 2.21. The van der Waals surface area contributed by atoms with Crippen molar-refractivity contribution in [2.45, 2.75) is 39.6 Å². The molecule has 0 aliphatic rings. The van der Waals surface area contributed by atoms with Crippen LogP contribution in [0.5, 0.6) is 0 Å². The van der Waals surface area contributed by atoms with Crippen LogP contribution < -0.4 is 0 Å². The molecule has 0 radical (unpaired) electrons. The average Bonchev–Trinajstić information content (AvgIpc) is 2.56. The summed E-state index contributed by atoms with van der Waals surface area (Å²) in [7, 11) is 0. The Morgan fingerprint density at radius 2 is 1.96 bits per heavy atom. The van der Waals surface area contributed by atoms with Gasteiger partial charge in [-0.25, -0.2) is 4.79 Å². The Morgan fingerprint density at radius 1 is 1.25 bits per heavy atom. The number of hydrogen-bond acceptors (Lipinski definition) is 4. The standard InChI is InChI=1S/C20H28O4/c1-5-10-17(4)24-20(21)15-23-19(6-2)16(3)13-22-14-18-11-8-7-9-12-18/h5-12,16-17,19H,2,13-15H2,1,3-4H3/b10-5+/t16-,17-,19-/m0/s1. The maximum Gasteiger partial charge on any atom is 0.332 e. The molecule has 0 heterocycles. The van der Waals surface area contributed by atoms with Gasteiger partial charge in [0, 0.05) is 5.92 Å². The largest absolute Gasteiger partial charge is 0.457 e. The summed E-state index contributed by atoms with van der Waals surface area (Å²) in [6.07, 6.45) is 4.84. The van der Waals surface area contributed by atoms with Gasteiger partial charge in [-0.3, -0.25) is 0 Å². The summed E-state index contributed by atoms with van der Waals surface area (Å²) in [5.41, 5.74) is 1.13. The molecule has 4 nitrogen and oxygen atoms in total. The number of allylic oxidation sites excluding steroid dienone is 1. The first-order chi connectivity index (χ1) is 11.6. The molecule has 3 atom stereocenters. The van der Waals surface area contributed by atoms with Gasteiger partial charge in [0.2, 0.25) is 0 Å². The van der Waals surface area contributed by atoms with Crippen LogP contribution >= 0.6 is 0 Å². The Morgan fingerprint density at radius 3 is 2.58 bits per heavy atom. The normalized spacial score (nSPS) is 15.0. The molecule has 4 heteroatoms. The molecule has 0 bridgehead atoms. The highest BCUT2D eigenvalue weighted by Gasteiger charge is 2.17. The van der Waals surface area contributed by atoms with Gasteiger partial charge in [-0.1, -0.05) is 49.4 Å². The first-order valence-corrected chi connectivity index (χ1v) is 8.25. The van der Waals surface area contributed by atoms with E-state index in [0.717, 1.165) is 5.56 Å². The molecule has 0 aromatic heterocycles. The molecule has 1 rings (SSSR count). The molecule has 24 heavy (non-hydrogen) atoms. The fourth-order valence-corrected chi connectivity index (χ4v) is 2.21. The molecule has 0 saturated heterocycles.